The number of rotatable bonds is 4. The third kappa shape index (κ3) is 5.20. The van der Waals surface area contributed by atoms with Crippen molar-refractivity contribution >= 4 is 11.6 Å². The van der Waals surface area contributed by atoms with Crippen molar-refractivity contribution in [3.8, 4) is 23.7 Å². The first-order valence-electron chi connectivity index (χ1n) is 8.65. The van der Waals surface area contributed by atoms with Crippen molar-refractivity contribution in [3.63, 3.8) is 0 Å². The van der Waals surface area contributed by atoms with Crippen molar-refractivity contribution in [3.05, 3.63) is 89.7 Å². The summed E-state index contributed by atoms with van der Waals surface area (Å²) in [6.07, 6.45) is 0.992. The van der Waals surface area contributed by atoms with Gasteiger partial charge in [-0.25, -0.2) is 4.98 Å². The number of carbonyl (C=O) groups is 1. The van der Waals surface area contributed by atoms with Crippen molar-refractivity contribution in [2.45, 2.75) is 13.0 Å². The fourth-order valence-corrected chi connectivity index (χ4v) is 2.36. The van der Waals surface area contributed by atoms with Crippen LogP contribution < -0.4 is 10.1 Å². The maximum Gasteiger partial charge on any atom is 0.265 e. The first-order valence-corrected chi connectivity index (χ1v) is 8.65. The van der Waals surface area contributed by atoms with Gasteiger partial charge in [0.2, 0.25) is 0 Å². The Morgan fingerprint density at radius 2 is 1.86 bits per heavy atom. The van der Waals surface area contributed by atoms with Gasteiger partial charge in [0.1, 0.15) is 11.4 Å². The van der Waals surface area contributed by atoms with E-state index in [0.717, 1.165) is 5.56 Å². The quantitative estimate of drug-likeness (QED) is 0.713. The molecule has 0 bridgehead atoms. The molecule has 1 heterocycles. The fraction of sp³-hybridized carbons (Fsp3) is 0.0870. The highest BCUT2D eigenvalue weighted by Crippen LogP contribution is 2.15. The van der Waals surface area contributed by atoms with Crippen LogP contribution >= 0.6 is 0 Å². The molecule has 0 aliphatic heterocycles. The van der Waals surface area contributed by atoms with Gasteiger partial charge in [0.05, 0.1) is 11.6 Å². The molecule has 1 aromatic heterocycles. The van der Waals surface area contributed by atoms with E-state index < -0.39 is 6.10 Å². The van der Waals surface area contributed by atoms with Crippen LogP contribution in [0.4, 0.5) is 5.69 Å². The third-order valence-electron chi connectivity index (χ3n) is 3.80. The van der Waals surface area contributed by atoms with E-state index in [1.165, 1.54) is 0 Å². The van der Waals surface area contributed by atoms with Gasteiger partial charge in [0.15, 0.2) is 6.10 Å². The van der Waals surface area contributed by atoms with Crippen LogP contribution in [0.5, 0.6) is 5.75 Å². The summed E-state index contributed by atoms with van der Waals surface area (Å²) < 4.78 is 5.63. The number of benzene rings is 2. The van der Waals surface area contributed by atoms with Gasteiger partial charge in [0, 0.05) is 17.4 Å². The van der Waals surface area contributed by atoms with Crippen molar-refractivity contribution in [1.29, 1.82) is 5.26 Å². The predicted octanol–water partition coefficient (Wildman–Crippen LogP) is 3.76. The lowest BCUT2D eigenvalue weighted by atomic mass is 10.2. The average Bonchev–Trinajstić information content (AvgIpc) is 2.74. The molecule has 0 aliphatic rings. The minimum Gasteiger partial charge on any atom is -0.481 e. The van der Waals surface area contributed by atoms with E-state index in [0.29, 0.717) is 22.7 Å². The molecule has 1 atom stereocenters. The summed E-state index contributed by atoms with van der Waals surface area (Å²) in [4.78, 5) is 16.6. The van der Waals surface area contributed by atoms with Gasteiger partial charge in [-0.05, 0) is 67.4 Å². The van der Waals surface area contributed by atoms with Gasteiger partial charge < -0.3 is 10.1 Å². The highest BCUT2D eigenvalue weighted by Gasteiger charge is 2.15. The van der Waals surface area contributed by atoms with Crippen LogP contribution in [0.1, 0.15) is 23.7 Å². The van der Waals surface area contributed by atoms with Crippen molar-refractivity contribution in [2.75, 3.05) is 5.32 Å². The number of nitrogens with one attached hydrogen (secondary N) is 1. The van der Waals surface area contributed by atoms with Crippen LogP contribution in [0.2, 0.25) is 0 Å². The molecule has 5 heteroatoms. The Morgan fingerprint density at radius 1 is 1.04 bits per heavy atom. The number of aromatic nitrogens is 1. The summed E-state index contributed by atoms with van der Waals surface area (Å²) in [5, 5.41) is 11.6. The summed E-state index contributed by atoms with van der Waals surface area (Å²) in [6.45, 7) is 1.66. The van der Waals surface area contributed by atoms with Crippen molar-refractivity contribution in [2.24, 2.45) is 0 Å². The molecule has 0 spiro atoms. The van der Waals surface area contributed by atoms with E-state index in [-0.39, 0.29) is 5.91 Å². The van der Waals surface area contributed by atoms with Gasteiger partial charge >= 0.3 is 0 Å². The zero-order chi connectivity index (χ0) is 19.8. The normalized spacial score (nSPS) is 10.7. The predicted molar refractivity (Wildman–Crippen MR) is 107 cm³/mol. The SMILES string of the molecule is CC(Oc1ccc(C#N)cc1)C(=O)Nc1cccc(C#Cc2ccccn2)c1. The van der Waals surface area contributed by atoms with Crippen LogP contribution in [0.15, 0.2) is 72.9 Å². The second-order valence-corrected chi connectivity index (χ2v) is 5.93. The van der Waals surface area contributed by atoms with E-state index >= 15 is 0 Å². The Hall–Kier alpha value is -4.09. The largest absolute Gasteiger partial charge is 0.481 e. The molecule has 1 amide bonds. The summed E-state index contributed by atoms with van der Waals surface area (Å²) in [5.41, 5.74) is 2.62. The average molecular weight is 367 g/mol. The number of nitrogens with zero attached hydrogens (tertiary/aromatic N) is 2. The summed E-state index contributed by atoms with van der Waals surface area (Å²) in [7, 11) is 0. The van der Waals surface area contributed by atoms with E-state index in [2.05, 4.69) is 22.1 Å². The number of nitriles is 1. The Bertz CT molecular complexity index is 1060. The topological polar surface area (TPSA) is 75.0 Å². The number of ether oxygens (including phenoxy) is 1. The number of hydrogen-bond acceptors (Lipinski definition) is 4. The number of pyridine rings is 1. The molecule has 136 valence electrons. The smallest absolute Gasteiger partial charge is 0.265 e. The van der Waals surface area contributed by atoms with Crippen LogP contribution in [0.25, 0.3) is 0 Å². The van der Waals surface area contributed by atoms with Gasteiger partial charge in [-0.15, -0.1) is 0 Å². The van der Waals surface area contributed by atoms with E-state index in [1.807, 2.05) is 36.4 Å². The van der Waals surface area contributed by atoms with Gasteiger partial charge in [0.25, 0.3) is 5.91 Å². The van der Waals surface area contributed by atoms with Crippen molar-refractivity contribution in [1.82, 2.24) is 4.98 Å². The highest BCUT2D eigenvalue weighted by molar-refractivity contribution is 5.94. The zero-order valence-corrected chi connectivity index (χ0v) is 15.2. The maximum absolute atomic E-state index is 12.4. The molecule has 0 fully saturated rings. The first-order chi connectivity index (χ1) is 13.6. The molecule has 0 aliphatic carbocycles. The van der Waals surface area contributed by atoms with Crippen LogP contribution in [0.3, 0.4) is 0 Å². The Balaban J connectivity index is 1.63. The monoisotopic (exact) mass is 367 g/mol. The molecule has 0 saturated carbocycles. The second-order valence-electron chi connectivity index (χ2n) is 5.93. The van der Waals surface area contributed by atoms with Gasteiger partial charge in [-0.1, -0.05) is 18.1 Å². The number of carbonyl (C=O) groups excluding carboxylic acids is 1. The lowest BCUT2D eigenvalue weighted by Gasteiger charge is -2.15. The minimum atomic E-state index is -0.698. The fourth-order valence-electron chi connectivity index (χ4n) is 2.36. The zero-order valence-electron chi connectivity index (χ0n) is 15.2. The Morgan fingerprint density at radius 3 is 2.57 bits per heavy atom. The highest BCUT2D eigenvalue weighted by atomic mass is 16.5. The number of hydrogen-bond donors (Lipinski definition) is 1. The molecular weight excluding hydrogens is 350 g/mol. The molecule has 0 saturated heterocycles. The third-order valence-corrected chi connectivity index (χ3v) is 3.80. The number of amides is 1. The van der Waals surface area contributed by atoms with E-state index in [1.54, 1.807) is 49.5 Å². The summed E-state index contributed by atoms with van der Waals surface area (Å²) >= 11 is 0. The standard InChI is InChI=1S/C23H17N3O2/c1-17(28-22-12-9-19(16-24)10-13-22)23(27)26-21-7-4-5-18(15-21)8-11-20-6-2-3-14-25-20/h2-7,9-10,12-15,17H,1H3,(H,26,27). The molecule has 1 N–H and O–H groups in total. The van der Waals surface area contributed by atoms with Gasteiger partial charge in [-0.3, -0.25) is 4.79 Å². The maximum atomic E-state index is 12.4. The summed E-state index contributed by atoms with van der Waals surface area (Å²) in [5.74, 6) is 6.26. The lowest BCUT2D eigenvalue weighted by Crippen LogP contribution is -2.30. The molecule has 3 aromatic rings. The Labute approximate surface area is 163 Å². The Kier molecular flexibility index (Phi) is 6.02. The second kappa shape index (κ2) is 9.02. The van der Waals surface area contributed by atoms with E-state index in [4.69, 9.17) is 10.00 Å². The van der Waals surface area contributed by atoms with Crippen LogP contribution in [-0.4, -0.2) is 17.0 Å². The van der Waals surface area contributed by atoms with Gasteiger partial charge in [-0.2, -0.15) is 5.26 Å². The molecule has 28 heavy (non-hydrogen) atoms. The first kappa shape index (κ1) is 18.7. The lowest BCUT2D eigenvalue weighted by molar-refractivity contribution is -0.122. The molecule has 2 aromatic carbocycles. The van der Waals surface area contributed by atoms with Crippen LogP contribution in [-0.2, 0) is 4.79 Å². The summed E-state index contributed by atoms with van der Waals surface area (Å²) in [6, 6.07) is 21.5. The molecule has 0 radical (unpaired) electrons. The van der Waals surface area contributed by atoms with E-state index in [9.17, 15) is 4.79 Å². The molecule has 1 unspecified atom stereocenters. The van der Waals surface area contributed by atoms with Crippen molar-refractivity contribution < 1.29 is 9.53 Å². The van der Waals surface area contributed by atoms with Crippen LogP contribution in [0, 0.1) is 23.2 Å². The molecular formula is C23H17N3O2. The molecule has 3 rings (SSSR count). The minimum absolute atomic E-state index is 0.279. The molecule has 5 nitrogen and oxygen atoms in total. The number of anilines is 1.